The van der Waals surface area contributed by atoms with E-state index in [1.807, 2.05) is 13.0 Å². The van der Waals surface area contributed by atoms with Crippen LogP contribution in [-0.2, 0) is 9.59 Å². The molecule has 0 aromatic carbocycles. The lowest BCUT2D eigenvalue weighted by atomic mass is 9.96. The highest BCUT2D eigenvalue weighted by Gasteiger charge is 2.42. The summed E-state index contributed by atoms with van der Waals surface area (Å²) in [5.41, 5.74) is -0.688. The third kappa shape index (κ3) is 3.95. The second-order valence-electron chi connectivity index (χ2n) is 5.82. The van der Waals surface area contributed by atoms with Gasteiger partial charge >= 0.3 is 0 Å². The summed E-state index contributed by atoms with van der Waals surface area (Å²) in [7, 11) is 0. The van der Waals surface area contributed by atoms with Gasteiger partial charge in [0.2, 0.25) is 11.8 Å². The van der Waals surface area contributed by atoms with Gasteiger partial charge in [-0.25, -0.2) is 0 Å². The number of rotatable bonds is 6. The predicted octanol–water partition coefficient (Wildman–Crippen LogP) is 2.07. The molecule has 2 fully saturated rings. The Morgan fingerprint density at radius 1 is 1.20 bits per heavy atom. The number of amides is 2. The van der Waals surface area contributed by atoms with Crippen molar-refractivity contribution >= 4 is 11.8 Å². The maximum atomic E-state index is 12.4. The van der Waals surface area contributed by atoms with E-state index in [0.29, 0.717) is 5.92 Å². The molecule has 0 bridgehead atoms. The first kappa shape index (κ1) is 14.8. The van der Waals surface area contributed by atoms with Gasteiger partial charge in [0.15, 0.2) is 0 Å². The Hall–Kier alpha value is -1.58. The average molecular weight is 276 g/mol. The van der Waals surface area contributed by atoms with Crippen molar-refractivity contribution in [3.05, 3.63) is 24.3 Å². The lowest BCUT2D eigenvalue weighted by Crippen LogP contribution is -2.57. The van der Waals surface area contributed by atoms with Gasteiger partial charge < -0.3 is 10.6 Å². The van der Waals surface area contributed by atoms with E-state index in [9.17, 15) is 9.59 Å². The van der Waals surface area contributed by atoms with Gasteiger partial charge in [0.25, 0.3) is 0 Å². The Kier molecular flexibility index (Phi) is 4.99. The molecule has 0 saturated heterocycles. The quantitative estimate of drug-likeness (QED) is 0.576. The highest BCUT2D eigenvalue weighted by molar-refractivity contribution is 5.95. The van der Waals surface area contributed by atoms with Crippen molar-refractivity contribution in [1.82, 2.24) is 10.6 Å². The molecule has 0 heterocycles. The summed E-state index contributed by atoms with van der Waals surface area (Å²) < 4.78 is 0. The average Bonchev–Trinajstić information content (AvgIpc) is 3.14. The summed E-state index contributed by atoms with van der Waals surface area (Å²) in [4.78, 5) is 24.3. The van der Waals surface area contributed by atoms with Crippen molar-refractivity contribution in [3.8, 4) is 0 Å². The predicted molar refractivity (Wildman–Crippen MR) is 79.0 cm³/mol. The van der Waals surface area contributed by atoms with Gasteiger partial charge in [0, 0.05) is 12.6 Å². The van der Waals surface area contributed by atoms with E-state index >= 15 is 0 Å². The summed E-state index contributed by atoms with van der Waals surface area (Å²) in [5.74, 6) is 0.462. The van der Waals surface area contributed by atoms with Crippen LogP contribution in [0.25, 0.3) is 0 Å². The first-order chi connectivity index (χ1) is 9.66. The summed E-state index contributed by atoms with van der Waals surface area (Å²) in [6, 6.07) is 0. The van der Waals surface area contributed by atoms with Crippen molar-refractivity contribution in [2.45, 2.75) is 51.0 Å². The van der Waals surface area contributed by atoms with Gasteiger partial charge in [0.1, 0.15) is 5.54 Å². The highest BCUT2D eigenvalue weighted by atomic mass is 16.2. The molecule has 0 aromatic rings. The van der Waals surface area contributed by atoms with Crippen molar-refractivity contribution < 1.29 is 9.59 Å². The molecule has 110 valence electrons. The Balaban J connectivity index is 1.93. The summed E-state index contributed by atoms with van der Waals surface area (Å²) in [6.45, 7) is 2.65. The van der Waals surface area contributed by atoms with Crippen molar-refractivity contribution in [2.24, 2.45) is 5.92 Å². The van der Waals surface area contributed by atoms with E-state index in [1.165, 1.54) is 18.9 Å². The zero-order valence-electron chi connectivity index (χ0n) is 12.2. The van der Waals surface area contributed by atoms with Crippen LogP contribution in [0.1, 0.15) is 45.4 Å². The molecule has 0 radical (unpaired) electrons. The van der Waals surface area contributed by atoms with Crippen LogP contribution in [0.4, 0.5) is 0 Å². The zero-order valence-corrected chi connectivity index (χ0v) is 12.2. The van der Waals surface area contributed by atoms with Crippen molar-refractivity contribution in [3.63, 3.8) is 0 Å². The number of carbonyl (C=O) groups is 2. The second-order valence-corrected chi connectivity index (χ2v) is 5.82. The minimum absolute atomic E-state index is 0.00492. The fraction of sp³-hybridized carbons (Fsp3) is 0.625. The Morgan fingerprint density at radius 2 is 1.90 bits per heavy atom. The molecule has 2 aliphatic rings. The molecule has 2 amide bonds. The lowest BCUT2D eigenvalue weighted by Gasteiger charge is -2.28. The van der Waals surface area contributed by atoms with Gasteiger partial charge in [-0.05, 0) is 38.5 Å². The molecule has 0 atom stereocenters. The van der Waals surface area contributed by atoms with E-state index in [0.717, 1.165) is 32.2 Å². The fourth-order valence-electron chi connectivity index (χ4n) is 2.65. The molecule has 0 aliphatic heterocycles. The Labute approximate surface area is 120 Å². The highest BCUT2D eigenvalue weighted by Crippen LogP contribution is 2.31. The van der Waals surface area contributed by atoms with E-state index in [2.05, 4.69) is 10.6 Å². The Bertz CT molecular complexity index is 416. The largest absolute Gasteiger partial charge is 0.354 e. The van der Waals surface area contributed by atoms with Gasteiger partial charge in [-0.3, -0.25) is 9.59 Å². The smallest absolute Gasteiger partial charge is 0.245 e. The number of carbonyl (C=O) groups excluding carboxylic acids is 2. The minimum atomic E-state index is -0.688. The minimum Gasteiger partial charge on any atom is -0.354 e. The van der Waals surface area contributed by atoms with Crippen molar-refractivity contribution in [1.29, 1.82) is 0 Å². The van der Waals surface area contributed by atoms with Crippen LogP contribution in [-0.4, -0.2) is 23.9 Å². The SMILES string of the molecule is C/C=C/C=C/C(=O)NC1(C(=O)NCC2CC2)CCCC1. The second kappa shape index (κ2) is 6.73. The summed E-state index contributed by atoms with van der Waals surface area (Å²) in [6.07, 6.45) is 12.7. The molecular formula is C16H24N2O2. The van der Waals surface area contributed by atoms with Crippen LogP contribution < -0.4 is 10.6 Å². The zero-order chi connectivity index (χ0) is 14.4. The molecule has 20 heavy (non-hydrogen) atoms. The molecule has 0 unspecified atom stereocenters. The number of allylic oxidation sites excluding steroid dienone is 3. The van der Waals surface area contributed by atoms with Crippen LogP contribution in [0, 0.1) is 5.92 Å². The molecule has 4 heteroatoms. The van der Waals surface area contributed by atoms with E-state index < -0.39 is 5.54 Å². The van der Waals surface area contributed by atoms with E-state index in [1.54, 1.807) is 12.2 Å². The third-order valence-corrected chi connectivity index (χ3v) is 4.05. The van der Waals surface area contributed by atoms with Crippen LogP contribution in [0.5, 0.6) is 0 Å². The monoisotopic (exact) mass is 276 g/mol. The molecule has 0 spiro atoms. The summed E-state index contributed by atoms with van der Waals surface area (Å²) in [5, 5.41) is 5.93. The molecule has 2 aliphatic carbocycles. The lowest BCUT2D eigenvalue weighted by molar-refractivity contribution is -0.131. The first-order valence-corrected chi connectivity index (χ1v) is 7.56. The Morgan fingerprint density at radius 3 is 2.50 bits per heavy atom. The standard InChI is InChI=1S/C16H24N2O2/c1-2-3-4-7-14(19)18-16(10-5-6-11-16)15(20)17-12-13-8-9-13/h2-4,7,13H,5-6,8-12H2,1H3,(H,17,20)(H,18,19)/b3-2+,7-4+. The maximum absolute atomic E-state index is 12.4. The van der Waals surface area contributed by atoms with E-state index in [4.69, 9.17) is 0 Å². The van der Waals surface area contributed by atoms with Gasteiger partial charge in [0.05, 0.1) is 0 Å². The van der Waals surface area contributed by atoms with Crippen LogP contribution in [0.3, 0.4) is 0 Å². The first-order valence-electron chi connectivity index (χ1n) is 7.56. The summed E-state index contributed by atoms with van der Waals surface area (Å²) >= 11 is 0. The van der Waals surface area contributed by atoms with E-state index in [-0.39, 0.29) is 11.8 Å². The molecule has 2 saturated carbocycles. The fourth-order valence-corrected chi connectivity index (χ4v) is 2.65. The molecule has 2 N–H and O–H groups in total. The van der Waals surface area contributed by atoms with Crippen molar-refractivity contribution in [2.75, 3.05) is 6.54 Å². The third-order valence-electron chi connectivity index (χ3n) is 4.05. The van der Waals surface area contributed by atoms with Crippen LogP contribution in [0.2, 0.25) is 0 Å². The topological polar surface area (TPSA) is 58.2 Å². The molecule has 4 nitrogen and oxygen atoms in total. The van der Waals surface area contributed by atoms with Crippen LogP contribution in [0.15, 0.2) is 24.3 Å². The normalized spacial score (nSPS) is 21.4. The van der Waals surface area contributed by atoms with Gasteiger partial charge in [-0.15, -0.1) is 0 Å². The number of hydrogen-bond donors (Lipinski definition) is 2. The molecular weight excluding hydrogens is 252 g/mol. The van der Waals surface area contributed by atoms with Crippen LogP contribution >= 0.6 is 0 Å². The maximum Gasteiger partial charge on any atom is 0.245 e. The number of hydrogen-bond acceptors (Lipinski definition) is 2. The van der Waals surface area contributed by atoms with Gasteiger partial charge in [-0.2, -0.15) is 0 Å². The number of nitrogens with one attached hydrogen (secondary N) is 2. The molecule has 0 aromatic heterocycles. The molecule has 2 rings (SSSR count). The van der Waals surface area contributed by atoms with Gasteiger partial charge in [-0.1, -0.05) is 31.1 Å².